The molecule has 0 saturated carbocycles. The number of anilines is 1. The van der Waals surface area contributed by atoms with Gasteiger partial charge in [0, 0.05) is 24.4 Å². The molecule has 0 aliphatic carbocycles. The van der Waals surface area contributed by atoms with Gasteiger partial charge in [-0.2, -0.15) is 0 Å². The summed E-state index contributed by atoms with van der Waals surface area (Å²) in [5, 5.41) is 3.57. The molecule has 0 spiro atoms. The largest absolute Gasteiger partial charge is 0.495 e. The summed E-state index contributed by atoms with van der Waals surface area (Å²) >= 11 is 3.46. The number of hydrogen-bond donors (Lipinski definition) is 1. The second-order valence-electron chi connectivity index (χ2n) is 4.62. The summed E-state index contributed by atoms with van der Waals surface area (Å²) in [6.07, 6.45) is 3.62. The lowest BCUT2D eigenvalue weighted by atomic mass is 10.0. The van der Waals surface area contributed by atoms with Gasteiger partial charge in [-0.3, -0.25) is 0 Å². The molecule has 4 heteroatoms. The van der Waals surface area contributed by atoms with E-state index in [0.29, 0.717) is 12.1 Å². The third-order valence-electron chi connectivity index (χ3n) is 3.34. The maximum absolute atomic E-state index is 5.69. The van der Waals surface area contributed by atoms with Crippen LogP contribution in [0.3, 0.4) is 0 Å². The molecule has 1 saturated heterocycles. The highest BCUT2D eigenvalue weighted by Crippen LogP contribution is 2.29. The van der Waals surface area contributed by atoms with Crippen LogP contribution in [0.2, 0.25) is 0 Å². The van der Waals surface area contributed by atoms with Crippen LogP contribution in [0.15, 0.2) is 22.7 Å². The summed E-state index contributed by atoms with van der Waals surface area (Å²) in [5.74, 6) is 0.860. The van der Waals surface area contributed by atoms with Gasteiger partial charge in [-0.1, -0.05) is 6.92 Å². The highest BCUT2D eigenvalue weighted by molar-refractivity contribution is 9.10. The van der Waals surface area contributed by atoms with E-state index in [-0.39, 0.29) is 0 Å². The summed E-state index contributed by atoms with van der Waals surface area (Å²) in [6.45, 7) is 3.03. The zero-order valence-corrected chi connectivity index (χ0v) is 12.5. The van der Waals surface area contributed by atoms with E-state index < -0.39 is 0 Å². The van der Waals surface area contributed by atoms with E-state index in [1.54, 1.807) is 7.11 Å². The highest BCUT2D eigenvalue weighted by atomic mass is 79.9. The quantitative estimate of drug-likeness (QED) is 0.916. The first-order valence-electron chi connectivity index (χ1n) is 6.44. The van der Waals surface area contributed by atoms with Crippen LogP contribution in [0.4, 0.5) is 5.69 Å². The van der Waals surface area contributed by atoms with Crippen molar-refractivity contribution in [1.82, 2.24) is 0 Å². The number of hydrogen-bond acceptors (Lipinski definition) is 3. The SMILES string of the molecule is CCC1CC(Nc2ccc(Br)c(OC)c2)CCO1. The second-order valence-corrected chi connectivity index (χ2v) is 5.47. The zero-order chi connectivity index (χ0) is 13.0. The first kappa shape index (κ1) is 13.7. The molecule has 1 aromatic rings. The van der Waals surface area contributed by atoms with Crippen LogP contribution in [0.5, 0.6) is 5.75 Å². The Bertz CT molecular complexity index is 397. The number of nitrogens with one attached hydrogen (secondary N) is 1. The second kappa shape index (κ2) is 6.43. The topological polar surface area (TPSA) is 30.5 Å². The number of ether oxygens (including phenoxy) is 2. The molecule has 0 radical (unpaired) electrons. The number of rotatable bonds is 4. The molecular weight excluding hydrogens is 294 g/mol. The van der Waals surface area contributed by atoms with Gasteiger partial charge >= 0.3 is 0 Å². The van der Waals surface area contributed by atoms with Crippen molar-refractivity contribution in [2.45, 2.75) is 38.3 Å². The molecule has 18 heavy (non-hydrogen) atoms. The molecular formula is C14H20BrNO2. The van der Waals surface area contributed by atoms with Crippen molar-refractivity contribution < 1.29 is 9.47 Å². The van der Waals surface area contributed by atoms with Crippen LogP contribution < -0.4 is 10.1 Å². The highest BCUT2D eigenvalue weighted by Gasteiger charge is 2.21. The van der Waals surface area contributed by atoms with Gasteiger partial charge in [0.2, 0.25) is 0 Å². The van der Waals surface area contributed by atoms with Crippen molar-refractivity contribution >= 4 is 21.6 Å². The van der Waals surface area contributed by atoms with Crippen molar-refractivity contribution in [3.05, 3.63) is 22.7 Å². The summed E-state index contributed by atoms with van der Waals surface area (Å²) in [7, 11) is 1.69. The smallest absolute Gasteiger partial charge is 0.135 e. The van der Waals surface area contributed by atoms with Gasteiger partial charge in [0.15, 0.2) is 0 Å². The monoisotopic (exact) mass is 313 g/mol. The van der Waals surface area contributed by atoms with Crippen molar-refractivity contribution in [2.24, 2.45) is 0 Å². The van der Waals surface area contributed by atoms with E-state index in [0.717, 1.165) is 41.8 Å². The van der Waals surface area contributed by atoms with Crippen molar-refractivity contribution in [3.63, 3.8) is 0 Å². The van der Waals surface area contributed by atoms with Gasteiger partial charge in [-0.05, 0) is 47.3 Å². The molecule has 1 aromatic carbocycles. The summed E-state index contributed by atoms with van der Waals surface area (Å²) in [5.41, 5.74) is 1.11. The van der Waals surface area contributed by atoms with Crippen LogP contribution in [-0.2, 0) is 4.74 Å². The summed E-state index contributed by atoms with van der Waals surface area (Å²) in [6, 6.07) is 6.61. The zero-order valence-electron chi connectivity index (χ0n) is 10.9. The summed E-state index contributed by atoms with van der Waals surface area (Å²) in [4.78, 5) is 0. The first-order chi connectivity index (χ1) is 8.72. The van der Waals surface area contributed by atoms with Crippen LogP contribution in [0.25, 0.3) is 0 Å². The van der Waals surface area contributed by atoms with Gasteiger partial charge in [0.25, 0.3) is 0 Å². The maximum atomic E-state index is 5.69. The van der Waals surface area contributed by atoms with E-state index in [1.807, 2.05) is 12.1 Å². The minimum Gasteiger partial charge on any atom is -0.495 e. The van der Waals surface area contributed by atoms with E-state index in [9.17, 15) is 0 Å². The molecule has 1 fully saturated rings. The normalized spacial score (nSPS) is 23.7. The predicted molar refractivity (Wildman–Crippen MR) is 77.4 cm³/mol. The van der Waals surface area contributed by atoms with E-state index in [4.69, 9.17) is 9.47 Å². The molecule has 3 nitrogen and oxygen atoms in total. The van der Waals surface area contributed by atoms with Gasteiger partial charge in [-0.15, -0.1) is 0 Å². The Balaban J connectivity index is 2.00. The van der Waals surface area contributed by atoms with Gasteiger partial charge in [0.1, 0.15) is 5.75 Å². The third kappa shape index (κ3) is 3.39. The average molecular weight is 314 g/mol. The molecule has 2 rings (SSSR count). The molecule has 0 aromatic heterocycles. The Morgan fingerprint density at radius 2 is 2.33 bits per heavy atom. The van der Waals surface area contributed by atoms with Crippen LogP contribution in [-0.4, -0.2) is 25.9 Å². The Morgan fingerprint density at radius 1 is 1.50 bits per heavy atom. The maximum Gasteiger partial charge on any atom is 0.135 e. The summed E-state index contributed by atoms with van der Waals surface area (Å²) < 4.78 is 12.0. The molecule has 2 unspecified atom stereocenters. The Morgan fingerprint density at radius 3 is 3.06 bits per heavy atom. The van der Waals surface area contributed by atoms with E-state index >= 15 is 0 Å². The lowest BCUT2D eigenvalue weighted by molar-refractivity contribution is 0.00925. The Hall–Kier alpha value is -0.740. The van der Waals surface area contributed by atoms with Crippen LogP contribution in [0, 0.1) is 0 Å². The molecule has 1 aliphatic heterocycles. The van der Waals surface area contributed by atoms with Gasteiger partial charge < -0.3 is 14.8 Å². The Kier molecular flexibility index (Phi) is 4.89. The molecule has 1 heterocycles. The minimum atomic E-state index is 0.397. The molecule has 100 valence electrons. The average Bonchev–Trinajstić information content (AvgIpc) is 2.41. The molecule has 0 bridgehead atoms. The molecule has 0 amide bonds. The lowest BCUT2D eigenvalue weighted by Crippen LogP contribution is -2.33. The fraction of sp³-hybridized carbons (Fsp3) is 0.571. The molecule has 1 N–H and O–H groups in total. The third-order valence-corrected chi connectivity index (χ3v) is 4.00. The lowest BCUT2D eigenvalue weighted by Gasteiger charge is -2.30. The fourth-order valence-electron chi connectivity index (χ4n) is 2.28. The first-order valence-corrected chi connectivity index (χ1v) is 7.24. The number of halogens is 1. The molecule has 2 atom stereocenters. The fourth-order valence-corrected chi connectivity index (χ4v) is 2.69. The predicted octanol–water partition coefficient (Wildman–Crippen LogP) is 3.83. The van der Waals surface area contributed by atoms with Crippen molar-refractivity contribution in [2.75, 3.05) is 19.0 Å². The van der Waals surface area contributed by atoms with Crippen molar-refractivity contribution in [1.29, 1.82) is 0 Å². The van der Waals surface area contributed by atoms with Crippen molar-refractivity contribution in [3.8, 4) is 5.75 Å². The number of methoxy groups -OCH3 is 1. The van der Waals surface area contributed by atoms with Crippen LogP contribution >= 0.6 is 15.9 Å². The number of benzene rings is 1. The van der Waals surface area contributed by atoms with E-state index in [1.165, 1.54) is 0 Å². The minimum absolute atomic E-state index is 0.397. The standard InChI is InChI=1S/C14H20BrNO2/c1-3-12-8-11(6-7-18-12)16-10-4-5-13(15)14(9-10)17-2/h4-5,9,11-12,16H,3,6-8H2,1-2H3. The van der Waals surface area contributed by atoms with Gasteiger partial charge in [-0.25, -0.2) is 0 Å². The van der Waals surface area contributed by atoms with E-state index in [2.05, 4.69) is 34.2 Å². The van der Waals surface area contributed by atoms with Crippen LogP contribution in [0.1, 0.15) is 26.2 Å². The Labute approximate surface area is 117 Å². The van der Waals surface area contributed by atoms with Gasteiger partial charge in [0.05, 0.1) is 17.7 Å². The molecule has 1 aliphatic rings.